The summed E-state index contributed by atoms with van der Waals surface area (Å²) in [5, 5.41) is 0. The quantitative estimate of drug-likeness (QED) is 0.412. The minimum Gasteiger partial charge on any atom is -0.360 e. The fourth-order valence-corrected chi connectivity index (χ4v) is 5.57. The van der Waals surface area contributed by atoms with Gasteiger partial charge in [-0.05, 0) is 63.4 Å². The predicted molar refractivity (Wildman–Crippen MR) is 129 cm³/mol. The Morgan fingerprint density at radius 1 is 1.09 bits per heavy atom. The molecule has 0 amide bonds. The summed E-state index contributed by atoms with van der Waals surface area (Å²) in [6.07, 6.45) is 5.15. The number of imidazole rings is 1. The molecule has 8 nitrogen and oxygen atoms in total. The van der Waals surface area contributed by atoms with Crippen LogP contribution in [0.25, 0.3) is 27.4 Å². The number of fused-ring (bicyclic) bond motifs is 4. The molecule has 7 rings (SSSR count). The van der Waals surface area contributed by atoms with Crippen LogP contribution in [0.2, 0.25) is 0 Å². The van der Waals surface area contributed by atoms with Crippen molar-refractivity contribution in [3.63, 3.8) is 0 Å². The smallest absolute Gasteiger partial charge is 0.274 e. The number of aryl methyl sites for hydroxylation is 2. The van der Waals surface area contributed by atoms with Crippen molar-refractivity contribution >= 4 is 17.0 Å². The summed E-state index contributed by atoms with van der Waals surface area (Å²) < 4.78 is 15.9. The van der Waals surface area contributed by atoms with Gasteiger partial charge in [-0.1, -0.05) is 12.6 Å². The summed E-state index contributed by atoms with van der Waals surface area (Å²) in [5.41, 5.74) is 4.37. The zero-order valence-electron chi connectivity index (χ0n) is 19.7. The van der Waals surface area contributed by atoms with Crippen molar-refractivity contribution in [2.75, 3.05) is 19.6 Å². The number of pyridine rings is 2. The molecule has 7 heterocycles. The third kappa shape index (κ3) is 3.84. The molecule has 3 aliphatic heterocycles. The van der Waals surface area contributed by atoms with E-state index in [1.54, 1.807) is 6.20 Å². The van der Waals surface area contributed by atoms with Crippen LogP contribution in [0.4, 0.5) is 10.2 Å². The monoisotopic (exact) mass is 468 g/mol. The standard InChI is InChI=1S/C26H25FN8/c1-15-23-26(31-16(2)30-15)35(25(33-23)19-10-20(27)12-29-11-19)13-18-4-5-22(32-24(18)28-3)21-14-34-8-6-17(21)7-9-34/h4-5,10-12,17,21H,6-9,13-14H2,1-2H3. The van der Waals surface area contributed by atoms with Gasteiger partial charge in [-0.2, -0.15) is 0 Å². The Morgan fingerprint density at radius 2 is 1.91 bits per heavy atom. The highest BCUT2D eigenvalue weighted by Crippen LogP contribution is 2.39. The minimum atomic E-state index is -0.439. The van der Waals surface area contributed by atoms with Gasteiger partial charge in [0.05, 0.1) is 11.9 Å². The van der Waals surface area contributed by atoms with E-state index in [2.05, 4.69) is 30.8 Å². The lowest BCUT2D eigenvalue weighted by Gasteiger charge is -2.43. The first-order chi connectivity index (χ1) is 17.0. The number of aromatic nitrogens is 6. The van der Waals surface area contributed by atoms with E-state index in [1.807, 2.05) is 24.5 Å². The first-order valence-electron chi connectivity index (χ1n) is 11.9. The number of piperidine rings is 3. The largest absolute Gasteiger partial charge is 0.360 e. The average Bonchev–Trinajstić information content (AvgIpc) is 3.23. The van der Waals surface area contributed by atoms with E-state index in [1.165, 1.54) is 38.2 Å². The second kappa shape index (κ2) is 8.47. The predicted octanol–water partition coefficient (Wildman–Crippen LogP) is 4.45. The Balaban J connectivity index is 1.44. The van der Waals surface area contributed by atoms with Gasteiger partial charge in [0.15, 0.2) is 5.65 Å². The van der Waals surface area contributed by atoms with Crippen LogP contribution in [0.5, 0.6) is 0 Å². The topological polar surface area (TPSA) is 77.0 Å². The number of halogens is 1. The fraction of sp³-hybridized carbons (Fsp3) is 0.385. The average molecular weight is 469 g/mol. The molecule has 4 aromatic rings. The van der Waals surface area contributed by atoms with Gasteiger partial charge in [0.1, 0.15) is 28.7 Å². The lowest BCUT2D eigenvalue weighted by Crippen LogP contribution is -2.46. The molecule has 0 N–H and O–H groups in total. The van der Waals surface area contributed by atoms with Gasteiger partial charge in [-0.25, -0.2) is 19.3 Å². The first kappa shape index (κ1) is 21.7. The third-order valence-electron chi connectivity index (χ3n) is 7.29. The summed E-state index contributed by atoms with van der Waals surface area (Å²) in [6.45, 7) is 15.3. The van der Waals surface area contributed by atoms with E-state index >= 15 is 0 Å². The second-order valence-corrected chi connectivity index (χ2v) is 9.52. The van der Waals surface area contributed by atoms with Crippen molar-refractivity contribution < 1.29 is 4.39 Å². The maximum absolute atomic E-state index is 14.0. The van der Waals surface area contributed by atoms with Crippen molar-refractivity contribution in [1.29, 1.82) is 0 Å². The SMILES string of the molecule is [C-]#[N+]c1nc(C2CN3CCC2CC3)ccc1Cn1c(-c2cncc(F)c2)nc2c(C)nc(C)nc21. The summed E-state index contributed by atoms with van der Waals surface area (Å²) in [4.78, 5) is 29.0. The molecule has 0 radical (unpaired) electrons. The van der Waals surface area contributed by atoms with E-state index in [-0.39, 0.29) is 0 Å². The lowest BCUT2D eigenvalue weighted by atomic mass is 9.77. The highest BCUT2D eigenvalue weighted by molar-refractivity contribution is 5.79. The fourth-order valence-electron chi connectivity index (χ4n) is 5.57. The van der Waals surface area contributed by atoms with Crippen LogP contribution >= 0.6 is 0 Å². The van der Waals surface area contributed by atoms with Crippen molar-refractivity contribution in [1.82, 2.24) is 34.4 Å². The van der Waals surface area contributed by atoms with Crippen LogP contribution < -0.4 is 0 Å². The summed E-state index contributed by atoms with van der Waals surface area (Å²) in [7, 11) is 0. The van der Waals surface area contributed by atoms with Crippen LogP contribution in [0.3, 0.4) is 0 Å². The summed E-state index contributed by atoms with van der Waals surface area (Å²) >= 11 is 0. The zero-order chi connectivity index (χ0) is 24.1. The Labute approximate surface area is 202 Å². The molecule has 4 aromatic heterocycles. The minimum absolute atomic E-state index is 0.337. The van der Waals surface area contributed by atoms with Gasteiger partial charge in [-0.3, -0.25) is 4.98 Å². The van der Waals surface area contributed by atoms with Gasteiger partial charge < -0.3 is 14.3 Å². The highest BCUT2D eigenvalue weighted by Gasteiger charge is 2.37. The van der Waals surface area contributed by atoms with Crippen LogP contribution in [0.1, 0.15) is 41.5 Å². The molecule has 1 unspecified atom stereocenters. The number of hydrogen-bond acceptors (Lipinski definition) is 6. The van der Waals surface area contributed by atoms with Gasteiger partial charge in [0.25, 0.3) is 5.82 Å². The number of rotatable bonds is 4. The Hall–Kier alpha value is -3.77. The molecule has 0 aromatic carbocycles. The Kier molecular flexibility index (Phi) is 5.26. The summed E-state index contributed by atoms with van der Waals surface area (Å²) in [5.74, 6) is 2.14. The number of nitrogens with zero attached hydrogens (tertiary/aromatic N) is 8. The molecule has 9 heteroatoms. The zero-order valence-corrected chi connectivity index (χ0v) is 19.7. The van der Waals surface area contributed by atoms with Crippen LogP contribution in [-0.4, -0.2) is 54.0 Å². The van der Waals surface area contributed by atoms with Gasteiger partial charge in [-0.15, -0.1) is 4.98 Å². The number of hydrogen-bond donors (Lipinski definition) is 0. The molecular weight excluding hydrogens is 443 g/mol. The molecular formula is C26H25FN8. The maximum Gasteiger partial charge on any atom is 0.274 e. The highest BCUT2D eigenvalue weighted by atomic mass is 19.1. The van der Waals surface area contributed by atoms with E-state index < -0.39 is 5.82 Å². The molecule has 3 fully saturated rings. The molecule has 1 atom stereocenters. The third-order valence-corrected chi connectivity index (χ3v) is 7.29. The van der Waals surface area contributed by atoms with Crippen molar-refractivity contribution in [2.24, 2.45) is 5.92 Å². The summed E-state index contributed by atoms with van der Waals surface area (Å²) in [6, 6.07) is 5.49. The van der Waals surface area contributed by atoms with Crippen molar-refractivity contribution in [3.8, 4) is 11.4 Å². The first-order valence-corrected chi connectivity index (χ1v) is 11.9. The normalized spacial score (nSPS) is 21.4. The van der Waals surface area contributed by atoms with Gasteiger partial charge in [0.2, 0.25) is 0 Å². The Morgan fingerprint density at radius 3 is 2.63 bits per heavy atom. The Bertz CT molecular complexity index is 1480. The molecule has 176 valence electrons. The molecule has 0 aliphatic carbocycles. The van der Waals surface area contributed by atoms with Crippen molar-refractivity contribution in [2.45, 2.75) is 39.2 Å². The molecule has 3 aliphatic rings. The van der Waals surface area contributed by atoms with E-state index in [9.17, 15) is 4.39 Å². The molecule has 3 saturated heterocycles. The molecule has 2 bridgehead atoms. The van der Waals surface area contributed by atoms with E-state index in [0.29, 0.717) is 52.6 Å². The molecule has 35 heavy (non-hydrogen) atoms. The van der Waals surface area contributed by atoms with Gasteiger partial charge >= 0.3 is 0 Å². The molecule has 0 spiro atoms. The van der Waals surface area contributed by atoms with Crippen LogP contribution in [0, 0.1) is 32.2 Å². The lowest BCUT2D eigenvalue weighted by molar-refractivity contribution is 0.0855. The van der Waals surface area contributed by atoms with E-state index in [4.69, 9.17) is 16.5 Å². The maximum atomic E-state index is 14.0. The molecule has 0 saturated carbocycles. The van der Waals surface area contributed by atoms with Crippen LogP contribution in [-0.2, 0) is 6.54 Å². The van der Waals surface area contributed by atoms with Crippen molar-refractivity contribution in [3.05, 3.63) is 70.6 Å². The van der Waals surface area contributed by atoms with Gasteiger partial charge in [0, 0.05) is 30.8 Å². The second-order valence-electron chi connectivity index (χ2n) is 9.52. The van der Waals surface area contributed by atoms with Crippen LogP contribution in [0.15, 0.2) is 30.6 Å². The van der Waals surface area contributed by atoms with E-state index in [0.717, 1.165) is 23.5 Å².